The molecule has 0 amide bonds. The van der Waals surface area contributed by atoms with Gasteiger partial charge >= 0.3 is 0 Å². The number of anilines is 1. The molecule has 0 heterocycles. The SMILES string of the molecule is Cc1c(N(C)C)cc(C2CCC(C)(C)CC2)c2ccccc12. The highest BCUT2D eigenvalue weighted by Crippen LogP contribution is 2.45. The van der Waals surface area contributed by atoms with Crippen molar-refractivity contribution in [2.75, 3.05) is 19.0 Å². The monoisotopic (exact) mass is 295 g/mol. The number of nitrogens with zero attached hydrogens (tertiary/aromatic N) is 1. The van der Waals surface area contributed by atoms with Crippen LogP contribution in [0, 0.1) is 12.3 Å². The normalized spacial score (nSPS) is 18.6. The van der Waals surface area contributed by atoms with E-state index >= 15 is 0 Å². The maximum absolute atomic E-state index is 2.46. The maximum atomic E-state index is 2.46. The maximum Gasteiger partial charge on any atom is 0.0400 e. The molecule has 0 aliphatic heterocycles. The number of aryl methyl sites for hydroxylation is 1. The van der Waals surface area contributed by atoms with Gasteiger partial charge in [0.1, 0.15) is 0 Å². The fourth-order valence-corrected chi connectivity index (χ4v) is 4.05. The van der Waals surface area contributed by atoms with Gasteiger partial charge in [-0.25, -0.2) is 0 Å². The summed E-state index contributed by atoms with van der Waals surface area (Å²) in [7, 11) is 4.32. The van der Waals surface area contributed by atoms with Gasteiger partial charge in [0.05, 0.1) is 0 Å². The predicted molar refractivity (Wildman–Crippen MR) is 98.0 cm³/mol. The standard InChI is InChI=1S/C21H29N/c1-15-17-8-6-7-9-18(17)19(14-20(15)22(4)5)16-10-12-21(2,3)13-11-16/h6-9,14,16H,10-13H2,1-5H3. The van der Waals surface area contributed by atoms with Crippen LogP contribution in [0.4, 0.5) is 5.69 Å². The molecule has 1 fully saturated rings. The van der Waals surface area contributed by atoms with Crippen LogP contribution in [0.2, 0.25) is 0 Å². The van der Waals surface area contributed by atoms with E-state index in [9.17, 15) is 0 Å². The molecule has 1 aliphatic carbocycles. The molecule has 1 aliphatic rings. The quantitative estimate of drug-likeness (QED) is 0.667. The third-order valence-electron chi connectivity index (χ3n) is 5.58. The molecule has 3 rings (SSSR count). The summed E-state index contributed by atoms with van der Waals surface area (Å²) in [5.74, 6) is 0.720. The Kier molecular flexibility index (Phi) is 3.92. The zero-order valence-corrected chi connectivity index (χ0v) is 14.7. The van der Waals surface area contributed by atoms with Gasteiger partial charge < -0.3 is 4.90 Å². The Morgan fingerprint density at radius 3 is 2.18 bits per heavy atom. The number of rotatable bonds is 2. The Labute approximate surface area is 135 Å². The Morgan fingerprint density at radius 1 is 1.00 bits per heavy atom. The molecule has 0 N–H and O–H groups in total. The smallest absolute Gasteiger partial charge is 0.0400 e. The number of hydrogen-bond donors (Lipinski definition) is 0. The minimum Gasteiger partial charge on any atom is -0.377 e. The topological polar surface area (TPSA) is 3.24 Å². The predicted octanol–water partition coefficient (Wildman–Crippen LogP) is 5.90. The van der Waals surface area contributed by atoms with Crippen molar-refractivity contribution in [2.24, 2.45) is 5.41 Å². The lowest BCUT2D eigenvalue weighted by Gasteiger charge is -2.35. The minimum absolute atomic E-state index is 0.529. The van der Waals surface area contributed by atoms with E-state index in [0.717, 1.165) is 5.92 Å². The van der Waals surface area contributed by atoms with E-state index in [2.05, 4.69) is 70.1 Å². The Bertz CT molecular complexity index is 672. The lowest BCUT2D eigenvalue weighted by atomic mass is 9.70. The molecule has 0 saturated heterocycles. The first-order chi connectivity index (χ1) is 10.4. The minimum atomic E-state index is 0.529. The van der Waals surface area contributed by atoms with E-state index in [1.54, 1.807) is 5.56 Å². The van der Waals surface area contributed by atoms with Gasteiger partial charge in [-0.3, -0.25) is 0 Å². The van der Waals surface area contributed by atoms with Crippen molar-refractivity contribution in [3.63, 3.8) is 0 Å². The van der Waals surface area contributed by atoms with Crippen molar-refractivity contribution < 1.29 is 0 Å². The van der Waals surface area contributed by atoms with Gasteiger partial charge in [-0.1, -0.05) is 38.1 Å². The first-order valence-electron chi connectivity index (χ1n) is 8.59. The highest BCUT2D eigenvalue weighted by atomic mass is 15.1. The zero-order valence-electron chi connectivity index (χ0n) is 14.7. The van der Waals surface area contributed by atoms with E-state index in [1.165, 1.54) is 47.7 Å². The van der Waals surface area contributed by atoms with Crippen LogP contribution in [-0.2, 0) is 0 Å². The van der Waals surface area contributed by atoms with Crippen molar-refractivity contribution in [1.82, 2.24) is 0 Å². The van der Waals surface area contributed by atoms with E-state index in [0.29, 0.717) is 5.41 Å². The van der Waals surface area contributed by atoms with Crippen molar-refractivity contribution in [2.45, 2.75) is 52.4 Å². The van der Waals surface area contributed by atoms with Crippen molar-refractivity contribution >= 4 is 16.5 Å². The highest BCUT2D eigenvalue weighted by Gasteiger charge is 2.29. The molecule has 2 aromatic rings. The van der Waals surface area contributed by atoms with Crippen LogP contribution >= 0.6 is 0 Å². The molecule has 0 radical (unpaired) electrons. The third kappa shape index (κ3) is 2.74. The summed E-state index contributed by atoms with van der Waals surface area (Å²) in [5.41, 5.74) is 4.88. The fourth-order valence-electron chi connectivity index (χ4n) is 4.05. The van der Waals surface area contributed by atoms with Crippen LogP contribution in [0.5, 0.6) is 0 Å². The van der Waals surface area contributed by atoms with Crippen LogP contribution < -0.4 is 4.90 Å². The summed E-state index contributed by atoms with van der Waals surface area (Å²) in [5, 5.41) is 2.89. The summed E-state index contributed by atoms with van der Waals surface area (Å²) in [6.45, 7) is 7.09. The molecule has 0 spiro atoms. The van der Waals surface area contributed by atoms with Gasteiger partial charge in [0.25, 0.3) is 0 Å². The van der Waals surface area contributed by atoms with Crippen LogP contribution in [0.25, 0.3) is 10.8 Å². The molecule has 0 bridgehead atoms. The molecule has 1 saturated carbocycles. The van der Waals surface area contributed by atoms with Crippen LogP contribution in [-0.4, -0.2) is 14.1 Å². The molecule has 2 aromatic carbocycles. The first kappa shape index (κ1) is 15.4. The second-order valence-corrected chi connectivity index (χ2v) is 7.99. The molecule has 0 atom stereocenters. The van der Waals surface area contributed by atoms with Gasteiger partial charge in [-0.05, 0) is 71.9 Å². The Balaban J connectivity index is 2.11. The number of benzene rings is 2. The molecule has 0 aromatic heterocycles. The molecular weight excluding hydrogens is 266 g/mol. The van der Waals surface area contributed by atoms with Crippen LogP contribution in [0.15, 0.2) is 30.3 Å². The second-order valence-electron chi connectivity index (χ2n) is 7.99. The zero-order chi connectivity index (χ0) is 15.9. The van der Waals surface area contributed by atoms with Gasteiger partial charge in [-0.15, -0.1) is 0 Å². The van der Waals surface area contributed by atoms with Gasteiger partial charge in [0.2, 0.25) is 0 Å². The van der Waals surface area contributed by atoms with Crippen molar-refractivity contribution in [3.05, 3.63) is 41.5 Å². The fraction of sp³-hybridized carbons (Fsp3) is 0.524. The molecule has 0 unspecified atom stereocenters. The third-order valence-corrected chi connectivity index (χ3v) is 5.58. The van der Waals surface area contributed by atoms with Crippen LogP contribution in [0.1, 0.15) is 56.6 Å². The van der Waals surface area contributed by atoms with Crippen LogP contribution in [0.3, 0.4) is 0 Å². The number of fused-ring (bicyclic) bond motifs is 1. The highest BCUT2D eigenvalue weighted by molar-refractivity contribution is 5.93. The lowest BCUT2D eigenvalue weighted by molar-refractivity contribution is 0.225. The number of hydrogen-bond acceptors (Lipinski definition) is 1. The molecular formula is C21H29N. The molecule has 22 heavy (non-hydrogen) atoms. The summed E-state index contributed by atoms with van der Waals surface area (Å²) < 4.78 is 0. The summed E-state index contributed by atoms with van der Waals surface area (Å²) >= 11 is 0. The second kappa shape index (κ2) is 5.61. The van der Waals surface area contributed by atoms with Crippen molar-refractivity contribution in [3.8, 4) is 0 Å². The van der Waals surface area contributed by atoms with E-state index in [4.69, 9.17) is 0 Å². The first-order valence-corrected chi connectivity index (χ1v) is 8.59. The molecule has 1 heteroatoms. The average molecular weight is 295 g/mol. The lowest BCUT2D eigenvalue weighted by Crippen LogP contribution is -2.21. The summed E-state index contributed by atoms with van der Waals surface area (Å²) in [6, 6.07) is 11.4. The Hall–Kier alpha value is -1.50. The van der Waals surface area contributed by atoms with Crippen molar-refractivity contribution in [1.29, 1.82) is 0 Å². The van der Waals surface area contributed by atoms with E-state index < -0.39 is 0 Å². The summed E-state index contributed by atoms with van der Waals surface area (Å²) in [6.07, 6.45) is 5.34. The average Bonchev–Trinajstić information content (AvgIpc) is 2.48. The molecule has 118 valence electrons. The largest absolute Gasteiger partial charge is 0.377 e. The van der Waals surface area contributed by atoms with E-state index in [1.807, 2.05) is 0 Å². The Morgan fingerprint density at radius 2 is 1.59 bits per heavy atom. The van der Waals surface area contributed by atoms with Gasteiger partial charge in [0, 0.05) is 19.8 Å². The molecule has 1 nitrogen and oxygen atoms in total. The van der Waals surface area contributed by atoms with Gasteiger partial charge in [0.15, 0.2) is 0 Å². The van der Waals surface area contributed by atoms with E-state index in [-0.39, 0.29) is 0 Å². The van der Waals surface area contributed by atoms with Gasteiger partial charge in [-0.2, -0.15) is 0 Å². The summed E-state index contributed by atoms with van der Waals surface area (Å²) in [4.78, 5) is 2.26.